The summed E-state index contributed by atoms with van der Waals surface area (Å²) in [6, 6.07) is 13.8. The van der Waals surface area contributed by atoms with Gasteiger partial charge in [0.1, 0.15) is 5.75 Å². The van der Waals surface area contributed by atoms with Gasteiger partial charge < -0.3 is 4.74 Å². The fourth-order valence-corrected chi connectivity index (χ4v) is 4.15. The topological polar surface area (TPSA) is 64.1 Å². The number of carbonyl (C=O) groups is 1. The highest BCUT2D eigenvalue weighted by molar-refractivity contribution is 8.01. The number of carbonyl (C=O) groups excluding carboxylic acids is 1. The van der Waals surface area contributed by atoms with E-state index in [9.17, 15) is 4.79 Å². The molecule has 1 atom stereocenters. The van der Waals surface area contributed by atoms with Gasteiger partial charge >= 0.3 is 0 Å². The third-order valence-electron chi connectivity index (χ3n) is 3.75. The molecule has 1 unspecified atom stereocenters. The number of anilines is 1. The van der Waals surface area contributed by atoms with Gasteiger partial charge in [-0.05, 0) is 24.3 Å². The Labute approximate surface area is 161 Å². The van der Waals surface area contributed by atoms with E-state index in [-0.39, 0.29) is 5.91 Å². The number of amides is 1. The lowest BCUT2D eigenvalue weighted by Gasteiger charge is -2.17. The first-order valence-corrected chi connectivity index (χ1v) is 10.4. The maximum atomic E-state index is 12.6. The molecule has 0 aliphatic rings. The van der Waals surface area contributed by atoms with Crippen molar-refractivity contribution in [2.75, 3.05) is 11.1 Å². The Balaban J connectivity index is 1.69. The molecule has 0 bridgehead atoms. The van der Waals surface area contributed by atoms with E-state index in [2.05, 4.69) is 22.4 Å². The molecule has 7 heteroatoms. The summed E-state index contributed by atoms with van der Waals surface area (Å²) in [4.78, 5) is 12.6. The molecule has 0 spiro atoms. The maximum absolute atomic E-state index is 12.6. The van der Waals surface area contributed by atoms with Crippen LogP contribution in [-0.2, 0) is 4.79 Å². The van der Waals surface area contributed by atoms with Gasteiger partial charge in [0.15, 0.2) is 10.4 Å². The Morgan fingerprint density at radius 1 is 1.19 bits per heavy atom. The first-order chi connectivity index (χ1) is 12.7. The molecule has 26 heavy (non-hydrogen) atoms. The van der Waals surface area contributed by atoms with Crippen LogP contribution < -0.4 is 10.1 Å². The minimum absolute atomic E-state index is 0.205. The summed E-state index contributed by atoms with van der Waals surface area (Å²) in [5, 5.41) is 13.6. The first kappa shape index (κ1) is 18.7. The molecule has 1 amide bonds. The molecule has 2 aromatic carbocycles. The largest absolute Gasteiger partial charge is 0.480 e. The summed E-state index contributed by atoms with van der Waals surface area (Å²) in [6.07, 6.45) is 1.05. The van der Waals surface area contributed by atoms with Crippen LogP contribution in [0.1, 0.15) is 26.7 Å². The van der Waals surface area contributed by atoms with E-state index in [4.69, 9.17) is 4.74 Å². The average Bonchev–Trinajstić information content (AvgIpc) is 3.11. The second-order valence-electron chi connectivity index (χ2n) is 5.70. The van der Waals surface area contributed by atoms with Crippen molar-refractivity contribution in [2.45, 2.75) is 37.1 Å². The zero-order valence-corrected chi connectivity index (χ0v) is 16.4. The van der Waals surface area contributed by atoms with E-state index < -0.39 is 6.10 Å². The quantitative estimate of drug-likeness (QED) is 0.436. The van der Waals surface area contributed by atoms with Crippen LogP contribution in [0.2, 0.25) is 0 Å². The standard InChI is InChI=1S/C19H21N3O2S2/c1-3-12-25-19-22-21-18(26-19)20-17(23)15(4-2)24-16-11-7-9-13-8-5-6-10-14(13)16/h5-11,15H,3-4,12H2,1-2H3,(H,20,21,23). The Kier molecular flexibility index (Phi) is 6.46. The number of benzene rings is 2. The van der Waals surface area contributed by atoms with Gasteiger partial charge in [-0.1, -0.05) is 73.3 Å². The summed E-state index contributed by atoms with van der Waals surface area (Å²) in [6.45, 7) is 4.05. The number of rotatable bonds is 8. The zero-order chi connectivity index (χ0) is 18.4. The second-order valence-corrected chi connectivity index (χ2v) is 8.02. The average molecular weight is 388 g/mol. The zero-order valence-electron chi connectivity index (χ0n) is 14.8. The van der Waals surface area contributed by atoms with E-state index >= 15 is 0 Å². The smallest absolute Gasteiger partial charge is 0.267 e. The molecular formula is C19H21N3O2S2. The van der Waals surface area contributed by atoms with Crippen LogP contribution in [0.25, 0.3) is 10.8 Å². The molecule has 1 N–H and O–H groups in total. The SMILES string of the molecule is CCCSc1nnc(NC(=O)C(CC)Oc2cccc3ccccc23)s1. The van der Waals surface area contributed by atoms with Crippen molar-refractivity contribution >= 4 is 44.9 Å². The molecule has 3 aromatic rings. The minimum Gasteiger partial charge on any atom is -0.480 e. The second kappa shape index (κ2) is 9.00. The van der Waals surface area contributed by atoms with Crippen LogP contribution in [0.5, 0.6) is 5.75 Å². The molecule has 0 saturated heterocycles. The van der Waals surface area contributed by atoms with Crippen molar-refractivity contribution in [3.05, 3.63) is 42.5 Å². The van der Waals surface area contributed by atoms with Gasteiger partial charge in [-0.2, -0.15) is 0 Å². The molecule has 0 aliphatic heterocycles. The third kappa shape index (κ3) is 4.53. The predicted molar refractivity (Wildman–Crippen MR) is 108 cm³/mol. The molecular weight excluding hydrogens is 366 g/mol. The van der Waals surface area contributed by atoms with Crippen molar-refractivity contribution in [1.29, 1.82) is 0 Å². The number of nitrogens with one attached hydrogen (secondary N) is 1. The number of fused-ring (bicyclic) bond motifs is 1. The third-order valence-corrected chi connectivity index (χ3v) is 5.93. The molecule has 0 aliphatic carbocycles. The Morgan fingerprint density at radius 2 is 2.00 bits per heavy atom. The molecule has 0 saturated carbocycles. The normalized spacial score (nSPS) is 12.1. The Bertz CT molecular complexity index is 877. The van der Waals surface area contributed by atoms with Gasteiger partial charge in [-0.25, -0.2) is 0 Å². The number of hydrogen-bond acceptors (Lipinski definition) is 6. The van der Waals surface area contributed by atoms with Gasteiger partial charge in [-0.15, -0.1) is 10.2 Å². The van der Waals surface area contributed by atoms with Crippen molar-refractivity contribution in [1.82, 2.24) is 10.2 Å². The molecule has 1 aromatic heterocycles. The van der Waals surface area contributed by atoms with Gasteiger partial charge in [0.05, 0.1) is 0 Å². The monoisotopic (exact) mass is 387 g/mol. The number of hydrogen-bond donors (Lipinski definition) is 1. The molecule has 0 radical (unpaired) electrons. The van der Waals surface area contributed by atoms with E-state index in [1.165, 1.54) is 11.3 Å². The van der Waals surface area contributed by atoms with Crippen molar-refractivity contribution < 1.29 is 9.53 Å². The minimum atomic E-state index is -0.587. The Morgan fingerprint density at radius 3 is 2.81 bits per heavy atom. The van der Waals surface area contributed by atoms with Gasteiger partial charge in [-0.3, -0.25) is 10.1 Å². The molecule has 1 heterocycles. The fourth-order valence-electron chi connectivity index (χ4n) is 2.47. The van der Waals surface area contributed by atoms with Crippen LogP contribution in [0, 0.1) is 0 Å². The lowest BCUT2D eigenvalue weighted by molar-refractivity contribution is -0.122. The number of aromatic nitrogens is 2. The summed E-state index contributed by atoms with van der Waals surface area (Å²) < 4.78 is 6.89. The summed E-state index contributed by atoms with van der Waals surface area (Å²) >= 11 is 3.04. The van der Waals surface area contributed by atoms with Crippen molar-refractivity contribution in [2.24, 2.45) is 0 Å². The van der Waals surface area contributed by atoms with Crippen LogP contribution in [0.3, 0.4) is 0 Å². The predicted octanol–water partition coefficient (Wildman–Crippen LogP) is 4.99. The van der Waals surface area contributed by atoms with Gasteiger partial charge in [0, 0.05) is 11.1 Å². The van der Waals surface area contributed by atoms with Gasteiger partial charge in [0.25, 0.3) is 5.91 Å². The van der Waals surface area contributed by atoms with Crippen LogP contribution >= 0.6 is 23.1 Å². The fraction of sp³-hybridized carbons (Fsp3) is 0.316. The Hall–Kier alpha value is -2.12. The highest BCUT2D eigenvalue weighted by Gasteiger charge is 2.21. The number of nitrogens with zero attached hydrogens (tertiary/aromatic N) is 2. The van der Waals surface area contributed by atoms with E-state index in [0.717, 1.165) is 27.3 Å². The van der Waals surface area contributed by atoms with Gasteiger partial charge in [0.2, 0.25) is 5.13 Å². The first-order valence-electron chi connectivity index (χ1n) is 8.62. The molecule has 136 valence electrons. The summed E-state index contributed by atoms with van der Waals surface area (Å²) in [7, 11) is 0. The highest BCUT2D eigenvalue weighted by Crippen LogP contribution is 2.28. The van der Waals surface area contributed by atoms with E-state index in [0.29, 0.717) is 17.3 Å². The van der Waals surface area contributed by atoms with Crippen LogP contribution in [0.4, 0.5) is 5.13 Å². The maximum Gasteiger partial charge on any atom is 0.267 e. The number of thioether (sulfide) groups is 1. The van der Waals surface area contributed by atoms with E-state index in [1.807, 2.05) is 49.4 Å². The van der Waals surface area contributed by atoms with Crippen molar-refractivity contribution in [3.8, 4) is 5.75 Å². The van der Waals surface area contributed by atoms with Crippen molar-refractivity contribution in [3.63, 3.8) is 0 Å². The lowest BCUT2D eigenvalue weighted by Crippen LogP contribution is -2.32. The number of ether oxygens (including phenoxy) is 1. The summed E-state index contributed by atoms with van der Waals surface area (Å²) in [5.74, 6) is 1.50. The molecule has 0 fully saturated rings. The van der Waals surface area contributed by atoms with Crippen LogP contribution in [-0.4, -0.2) is 28.0 Å². The van der Waals surface area contributed by atoms with E-state index in [1.54, 1.807) is 11.8 Å². The highest BCUT2D eigenvalue weighted by atomic mass is 32.2. The molecule has 5 nitrogen and oxygen atoms in total. The summed E-state index contributed by atoms with van der Waals surface area (Å²) in [5.41, 5.74) is 0. The lowest BCUT2D eigenvalue weighted by atomic mass is 10.1. The molecule has 3 rings (SSSR count). The van der Waals surface area contributed by atoms with Crippen LogP contribution in [0.15, 0.2) is 46.8 Å².